The first-order valence-electron chi connectivity index (χ1n) is 6.50. The summed E-state index contributed by atoms with van der Waals surface area (Å²) in [6.07, 6.45) is 0. The maximum atomic E-state index is 12.1. The molecule has 0 saturated carbocycles. The summed E-state index contributed by atoms with van der Waals surface area (Å²) in [7, 11) is 0. The minimum absolute atomic E-state index is 0.0625. The van der Waals surface area contributed by atoms with Crippen molar-refractivity contribution in [1.82, 2.24) is 9.55 Å². The number of halogens is 1. The van der Waals surface area contributed by atoms with E-state index in [0.29, 0.717) is 16.7 Å². The van der Waals surface area contributed by atoms with E-state index in [-0.39, 0.29) is 28.9 Å². The van der Waals surface area contributed by atoms with Crippen LogP contribution in [0.5, 0.6) is 5.75 Å². The summed E-state index contributed by atoms with van der Waals surface area (Å²) in [5.41, 5.74) is 1.43. The van der Waals surface area contributed by atoms with Gasteiger partial charge in [0.2, 0.25) is 5.91 Å². The van der Waals surface area contributed by atoms with Crippen molar-refractivity contribution in [1.29, 1.82) is 0 Å². The molecule has 1 aromatic heterocycles. The Hall–Kier alpha value is -2.73. The average molecular weight is 318 g/mol. The summed E-state index contributed by atoms with van der Waals surface area (Å²) in [5, 5.41) is 12.1. The molecule has 6 nitrogen and oxygen atoms in total. The highest BCUT2D eigenvalue weighted by Gasteiger charge is 2.11. The van der Waals surface area contributed by atoms with E-state index in [9.17, 15) is 14.7 Å². The number of amides is 1. The van der Waals surface area contributed by atoms with Crippen molar-refractivity contribution in [2.75, 3.05) is 5.32 Å². The fourth-order valence-corrected chi connectivity index (χ4v) is 2.37. The fourth-order valence-electron chi connectivity index (χ4n) is 2.19. The number of nitrogens with one attached hydrogen (secondary N) is 2. The van der Waals surface area contributed by atoms with Gasteiger partial charge in [-0.3, -0.25) is 9.36 Å². The second-order valence-corrected chi connectivity index (χ2v) is 5.16. The van der Waals surface area contributed by atoms with Crippen LogP contribution < -0.4 is 11.0 Å². The molecule has 0 radical (unpaired) electrons. The van der Waals surface area contributed by atoms with Gasteiger partial charge >= 0.3 is 5.69 Å². The predicted molar refractivity (Wildman–Crippen MR) is 84.3 cm³/mol. The van der Waals surface area contributed by atoms with Gasteiger partial charge in [0.15, 0.2) is 0 Å². The number of phenolic OH excluding ortho intramolecular Hbond substituents is 1. The molecule has 22 heavy (non-hydrogen) atoms. The maximum Gasteiger partial charge on any atom is 0.326 e. The third kappa shape index (κ3) is 2.68. The van der Waals surface area contributed by atoms with E-state index in [1.807, 2.05) is 0 Å². The first-order valence-corrected chi connectivity index (χ1v) is 6.88. The number of carbonyl (C=O) groups excluding carboxylic acids is 1. The molecule has 2 aromatic carbocycles. The molecule has 112 valence electrons. The number of aromatic amines is 1. The zero-order valence-corrected chi connectivity index (χ0v) is 12.1. The normalized spacial score (nSPS) is 10.8. The smallest absolute Gasteiger partial charge is 0.326 e. The minimum atomic E-state index is -0.367. The lowest BCUT2D eigenvalue weighted by molar-refractivity contribution is -0.116. The van der Waals surface area contributed by atoms with Crippen LogP contribution in [0, 0.1) is 0 Å². The van der Waals surface area contributed by atoms with Crippen LogP contribution in [0.2, 0.25) is 5.02 Å². The highest BCUT2D eigenvalue weighted by Crippen LogP contribution is 2.26. The van der Waals surface area contributed by atoms with E-state index in [1.54, 1.807) is 24.3 Å². The van der Waals surface area contributed by atoms with Crippen LogP contribution in [0.3, 0.4) is 0 Å². The van der Waals surface area contributed by atoms with E-state index < -0.39 is 0 Å². The molecule has 1 heterocycles. The van der Waals surface area contributed by atoms with Crippen molar-refractivity contribution in [3.05, 3.63) is 58.0 Å². The molecule has 0 spiro atoms. The summed E-state index contributed by atoms with van der Waals surface area (Å²) in [6.45, 7) is -0.124. The topological polar surface area (TPSA) is 87.1 Å². The average Bonchev–Trinajstić information content (AvgIpc) is 2.79. The number of nitrogens with zero attached hydrogens (tertiary/aromatic N) is 1. The Morgan fingerprint density at radius 2 is 2.05 bits per heavy atom. The van der Waals surface area contributed by atoms with Gasteiger partial charge < -0.3 is 15.4 Å². The number of rotatable bonds is 3. The number of benzene rings is 2. The van der Waals surface area contributed by atoms with Crippen molar-refractivity contribution in [3.8, 4) is 5.75 Å². The lowest BCUT2D eigenvalue weighted by atomic mass is 10.3. The van der Waals surface area contributed by atoms with Gasteiger partial charge in [-0.25, -0.2) is 4.79 Å². The molecule has 0 fully saturated rings. The number of aromatic nitrogens is 2. The van der Waals surface area contributed by atoms with E-state index in [2.05, 4.69) is 10.3 Å². The Labute approximate surface area is 130 Å². The van der Waals surface area contributed by atoms with E-state index in [1.165, 1.54) is 22.8 Å². The van der Waals surface area contributed by atoms with Gasteiger partial charge in [0, 0.05) is 5.69 Å². The molecule has 3 aromatic rings. The van der Waals surface area contributed by atoms with Gasteiger partial charge in [-0.2, -0.15) is 0 Å². The second kappa shape index (κ2) is 5.57. The number of H-pyrrole nitrogens is 1. The van der Waals surface area contributed by atoms with Crippen LogP contribution in [0.1, 0.15) is 0 Å². The van der Waals surface area contributed by atoms with Gasteiger partial charge in [0.1, 0.15) is 12.3 Å². The first-order chi connectivity index (χ1) is 10.5. The number of hydrogen-bond acceptors (Lipinski definition) is 3. The number of fused-ring (bicyclic) bond motifs is 1. The third-order valence-corrected chi connectivity index (χ3v) is 3.52. The monoisotopic (exact) mass is 317 g/mol. The molecule has 7 heteroatoms. The molecular weight excluding hydrogens is 306 g/mol. The van der Waals surface area contributed by atoms with Gasteiger partial charge in [0.05, 0.1) is 16.1 Å². The summed E-state index contributed by atoms with van der Waals surface area (Å²) < 4.78 is 1.35. The van der Waals surface area contributed by atoms with Crippen molar-refractivity contribution < 1.29 is 9.90 Å². The van der Waals surface area contributed by atoms with Crippen molar-refractivity contribution in [2.45, 2.75) is 6.54 Å². The number of para-hydroxylation sites is 2. The SMILES string of the molecule is O=C(Cn1c(=O)[nH]c2ccccc21)Nc1ccc(O)c(Cl)c1. The molecule has 0 atom stereocenters. The molecular formula is C15H12ClN3O3. The Kier molecular flexibility index (Phi) is 3.60. The number of anilines is 1. The van der Waals surface area contributed by atoms with Gasteiger partial charge in [-0.15, -0.1) is 0 Å². The maximum absolute atomic E-state index is 12.1. The summed E-state index contributed by atoms with van der Waals surface area (Å²) >= 11 is 5.78. The fraction of sp³-hybridized carbons (Fsp3) is 0.0667. The lowest BCUT2D eigenvalue weighted by Gasteiger charge is -2.07. The van der Waals surface area contributed by atoms with Crippen LogP contribution in [-0.4, -0.2) is 20.6 Å². The molecule has 0 aliphatic carbocycles. The van der Waals surface area contributed by atoms with E-state index in [4.69, 9.17) is 11.6 Å². The number of phenols is 1. The highest BCUT2D eigenvalue weighted by atomic mass is 35.5. The molecule has 0 saturated heterocycles. The zero-order valence-electron chi connectivity index (χ0n) is 11.3. The van der Waals surface area contributed by atoms with Crippen LogP contribution in [0.4, 0.5) is 5.69 Å². The lowest BCUT2D eigenvalue weighted by Crippen LogP contribution is -2.25. The van der Waals surface area contributed by atoms with Crippen molar-refractivity contribution >= 4 is 34.2 Å². The number of aromatic hydroxyl groups is 1. The van der Waals surface area contributed by atoms with E-state index >= 15 is 0 Å². The zero-order chi connectivity index (χ0) is 15.7. The predicted octanol–water partition coefficient (Wildman–Crippen LogP) is 2.33. The van der Waals surface area contributed by atoms with Crippen LogP contribution in [-0.2, 0) is 11.3 Å². The van der Waals surface area contributed by atoms with Gasteiger partial charge in [0.25, 0.3) is 0 Å². The summed E-state index contributed by atoms with van der Waals surface area (Å²) in [4.78, 5) is 26.7. The molecule has 0 aliphatic heterocycles. The number of carbonyl (C=O) groups is 1. The molecule has 3 N–H and O–H groups in total. The summed E-state index contributed by atoms with van der Waals surface area (Å²) in [5.74, 6) is -0.430. The summed E-state index contributed by atoms with van der Waals surface area (Å²) in [6, 6.07) is 11.5. The standard InChI is InChI=1S/C15H12ClN3O3/c16-10-7-9(5-6-13(10)20)17-14(21)8-19-12-4-2-1-3-11(12)18-15(19)22/h1-7,20H,8H2,(H,17,21)(H,18,22). The van der Waals surface area contributed by atoms with E-state index in [0.717, 1.165) is 0 Å². The Morgan fingerprint density at radius 1 is 1.27 bits per heavy atom. The van der Waals surface area contributed by atoms with Crippen molar-refractivity contribution in [3.63, 3.8) is 0 Å². The third-order valence-electron chi connectivity index (χ3n) is 3.21. The van der Waals surface area contributed by atoms with Crippen LogP contribution >= 0.6 is 11.6 Å². The second-order valence-electron chi connectivity index (χ2n) is 4.75. The van der Waals surface area contributed by atoms with Crippen LogP contribution in [0.25, 0.3) is 11.0 Å². The highest BCUT2D eigenvalue weighted by molar-refractivity contribution is 6.32. The van der Waals surface area contributed by atoms with Gasteiger partial charge in [-0.1, -0.05) is 23.7 Å². The largest absolute Gasteiger partial charge is 0.506 e. The quantitative estimate of drug-likeness (QED) is 0.648. The molecule has 0 unspecified atom stereocenters. The molecule has 3 rings (SSSR count). The first kappa shape index (κ1) is 14.2. The van der Waals surface area contributed by atoms with Crippen LogP contribution in [0.15, 0.2) is 47.3 Å². The Balaban J connectivity index is 1.82. The van der Waals surface area contributed by atoms with Gasteiger partial charge in [-0.05, 0) is 30.3 Å². The molecule has 0 aliphatic rings. The minimum Gasteiger partial charge on any atom is -0.506 e. The molecule has 1 amide bonds. The Morgan fingerprint density at radius 3 is 2.82 bits per heavy atom. The number of hydrogen-bond donors (Lipinski definition) is 3. The molecule has 0 bridgehead atoms. The van der Waals surface area contributed by atoms with Crippen molar-refractivity contribution in [2.24, 2.45) is 0 Å². The Bertz CT molecular complexity index is 914. The number of imidazole rings is 1.